The van der Waals surface area contributed by atoms with E-state index in [4.69, 9.17) is 5.73 Å². The molecule has 0 aliphatic heterocycles. The van der Waals surface area contributed by atoms with Crippen molar-refractivity contribution in [2.24, 2.45) is 0 Å². The van der Waals surface area contributed by atoms with E-state index < -0.39 is 20.5 Å². The Balaban J connectivity index is 3.29. The lowest BCUT2D eigenvalue weighted by atomic mass is 10.0. The standard InChI is InChI=1S/C10H17N3O4S2/c1-5-10(2,3)12(4)19(16,17)8-6-7(13(14)15)9(11)18-8/h6H,5,11H2,1-4H3. The Morgan fingerprint density at radius 3 is 2.42 bits per heavy atom. The first-order chi connectivity index (χ1) is 8.54. The minimum Gasteiger partial charge on any atom is -0.385 e. The topological polar surface area (TPSA) is 107 Å². The Bertz CT molecular complexity index is 592. The van der Waals surface area contributed by atoms with E-state index >= 15 is 0 Å². The zero-order valence-corrected chi connectivity index (χ0v) is 12.8. The predicted molar refractivity (Wildman–Crippen MR) is 74.7 cm³/mol. The third-order valence-electron chi connectivity index (χ3n) is 3.25. The maximum absolute atomic E-state index is 12.4. The lowest BCUT2D eigenvalue weighted by Gasteiger charge is -2.33. The minimum atomic E-state index is -3.78. The van der Waals surface area contributed by atoms with Crippen LogP contribution in [0.3, 0.4) is 0 Å². The second-order valence-corrected chi connectivity index (χ2v) is 7.99. The molecule has 0 aromatic carbocycles. The molecule has 0 fully saturated rings. The first kappa shape index (κ1) is 15.9. The molecule has 0 bridgehead atoms. The molecule has 2 N–H and O–H groups in total. The highest BCUT2D eigenvalue weighted by atomic mass is 32.2. The molecule has 19 heavy (non-hydrogen) atoms. The Hall–Kier alpha value is -1.19. The van der Waals surface area contributed by atoms with E-state index in [2.05, 4.69) is 0 Å². The van der Waals surface area contributed by atoms with Crippen molar-refractivity contribution >= 4 is 32.0 Å². The molecular weight excluding hydrogens is 290 g/mol. The average Bonchev–Trinajstić information content (AvgIpc) is 2.71. The summed E-state index contributed by atoms with van der Waals surface area (Å²) in [6.45, 7) is 5.45. The summed E-state index contributed by atoms with van der Waals surface area (Å²) in [5.74, 6) is 0. The van der Waals surface area contributed by atoms with Crippen LogP contribution in [0.25, 0.3) is 0 Å². The number of anilines is 1. The molecule has 0 aliphatic rings. The van der Waals surface area contributed by atoms with Crippen LogP contribution in [-0.4, -0.2) is 30.2 Å². The first-order valence-electron chi connectivity index (χ1n) is 5.56. The lowest BCUT2D eigenvalue weighted by Crippen LogP contribution is -2.44. The second-order valence-electron chi connectivity index (χ2n) is 4.71. The normalized spacial score (nSPS) is 12.9. The molecule has 1 aromatic rings. The average molecular weight is 307 g/mol. The van der Waals surface area contributed by atoms with Crippen LogP contribution in [0.2, 0.25) is 0 Å². The zero-order chi connectivity index (χ0) is 15.0. The maximum atomic E-state index is 12.4. The SMILES string of the molecule is CCC(C)(C)N(C)S(=O)(=O)c1cc([N+](=O)[O-])c(N)s1. The number of hydrogen-bond acceptors (Lipinski definition) is 6. The highest BCUT2D eigenvalue weighted by Gasteiger charge is 2.35. The van der Waals surface area contributed by atoms with Crippen LogP contribution in [-0.2, 0) is 10.0 Å². The number of thiophene rings is 1. The van der Waals surface area contributed by atoms with Gasteiger partial charge in [0.25, 0.3) is 10.0 Å². The molecule has 0 saturated carbocycles. The number of nitro groups is 1. The second kappa shape index (κ2) is 5.06. The van der Waals surface area contributed by atoms with Gasteiger partial charge in [0.1, 0.15) is 4.21 Å². The summed E-state index contributed by atoms with van der Waals surface area (Å²) < 4.78 is 25.9. The maximum Gasteiger partial charge on any atom is 0.304 e. The number of sulfonamides is 1. The van der Waals surface area contributed by atoms with Crippen LogP contribution < -0.4 is 5.73 Å². The van der Waals surface area contributed by atoms with Crippen molar-refractivity contribution in [3.05, 3.63) is 16.2 Å². The van der Waals surface area contributed by atoms with Crippen LogP contribution in [0.5, 0.6) is 0 Å². The molecule has 0 amide bonds. The largest absolute Gasteiger partial charge is 0.385 e. The quantitative estimate of drug-likeness (QED) is 0.661. The van der Waals surface area contributed by atoms with Crippen molar-refractivity contribution in [2.75, 3.05) is 12.8 Å². The zero-order valence-electron chi connectivity index (χ0n) is 11.2. The molecule has 0 unspecified atom stereocenters. The third kappa shape index (κ3) is 2.88. The molecule has 0 spiro atoms. The van der Waals surface area contributed by atoms with Gasteiger partial charge in [-0.25, -0.2) is 8.42 Å². The molecule has 1 aromatic heterocycles. The van der Waals surface area contributed by atoms with Gasteiger partial charge in [-0.3, -0.25) is 10.1 Å². The van der Waals surface area contributed by atoms with Crippen LogP contribution in [0, 0.1) is 10.1 Å². The van der Waals surface area contributed by atoms with Gasteiger partial charge in [-0.15, -0.1) is 0 Å². The van der Waals surface area contributed by atoms with E-state index in [0.717, 1.165) is 6.07 Å². The molecule has 9 heteroatoms. The molecule has 1 rings (SSSR count). The van der Waals surface area contributed by atoms with E-state index in [0.29, 0.717) is 17.8 Å². The van der Waals surface area contributed by atoms with Crippen molar-refractivity contribution in [1.82, 2.24) is 4.31 Å². The van der Waals surface area contributed by atoms with E-state index in [1.165, 1.54) is 11.4 Å². The van der Waals surface area contributed by atoms with Gasteiger partial charge >= 0.3 is 5.69 Å². The fourth-order valence-corrected chi connectivity index (χ4v) is 4.29. The number of rotatable bonds is 5. The molecule has 108 valence electrons. The van der Waals surface area contributed by atoms with Gasteiger partial charge in [-0.2, -0.15) is 4.31 Å². The summed E-state index contributed by atoms with van der Waals surface area (Å²) in [5, 5.41) is 10.6. The van der Waals surface area contributed by atoms with Crippen LogP contribution >= 0.6 is 11.3 Å². The Morgan fingerprint density at radius 2 is 2.05 bits per heavy atom. The molecule has 1 heterocycles. The van der Waals surface area contributed by atoms with Crippen molar-refractivity contribution < 1.29 is 13.3 Å². The van der Waals surface area contributed by atoms with Crippen molar-refractivity contribution in [2.45, 2.75) is 36.9 Å². The number of hydrogen-bond donors (Lipinski definition) is 1. The molecule has 0 aliphatic carbocycles. The van der Waals surface area contributed by atoms with Crippen LogP contribution in [0.4, 0.5) is 10.7 Å². The smallest absolute Gasteiger partial charge is 0.304 e. The van der Waals surface area contributed by atoms with E-state index in [1.807, 2.05) is 6.92 Å². The van der Waals surface area contributed by atoms with Crippen LogP contribution in [0.15, 0.2) is 10.3 Å². The number of nitrogens with two attached hydrogens (primary N) is 1. The third-order valence-corrected chi connectivity index (χ3v) is 6.72. The molecule has 0 radical (unpaired) electrons. The summed E-state index contributed by atoms with van der Waals surface area (Å²) in [7, 11) is -2.32. The molecule has 0 atom stereocenters. The fourth-order valence-electron chi connectivity index (χ4n) is 1.33. The van der Waals surface area contributed by atoms with Crippen molar-refractivity contribution in [3.63, 3.8) is 0 Å². The van der Waals surface area contributed by atoms with Gasteiger partial charge in [-0.1, -0.05) is 18.3 Å². The summed E-state index contributed by atoms with van der Waals surface area (Å²) in [4.78, 5) is 10.0. The lowest BCUT2D eigenvalue weighted by molar-refractivity contribution is -0.383. The van der Waals surface area contributed by atoms with Crippen LogP contribution in [0.1, 0.15) is 27.2 Å². The van der Waals surface area contributed by atoms with E-state index in [1.54, 1.807) is 13.8 Å². The fraction of sp³-hybridized carbons (Fsp3) is 0.600. The monoisotopic (exact) mass is 307 g/mol. The molecule has 7 nitrogen and oxygen atoms in total. The highest BCUT2D eigenvalue weighted by molar-refractivity contribution is 7.91. The van der Waals surface area contributed by atoms with Gasteiger partial charge in [0.2, 0.25) is 0 Å². The van der Waals surface area contributed by atoms with Gasteiger partial charge < -0.3 is 5.73 Å². The highest BCUT2D eigenvalue weighted by Crippen LogP contribution is 2.37. The first-order valence-corrected chi connectivity index (χ1v) is 7.82. The Kier molecular flexibility index (Phi) is 4.23. The summed E-state index contributed by atoms with van der Waals surface area (Å²) in [5.41, 5.74) is 4.53. The Labute approximate surface area is 116 Å². The molecule has 0 saturated heterocycles. The summed E-state index contributed by atoms with van der Waals surface area (Å²) in [6, 6.07) is 1.01. The van der Waals surface area contributed by atoms with Gasteiger partial charge in [0, 0.05) is 18.7 Å². The number of nitrogen functional groups attached to an aromatic ring is 1. The summed E-state index contributed by atoms with van der Waals surface area (Å²) >= 11 is 0.711. The van der Waals surface area contributed by atoms with Gasteiger partial charge in [0.15, 0.2) is 5.00 Å². The van der Waals surface area contributed by atoms with E-state index in [-0.39, 0.29) is 14.9 Å². The van der Waals surface area contributed by atoms with E-state index in [9.17, 15) is 18.5 Å². The molecular formula is C10H17N3O4S2. The van der Waals surface area contributed by atoms with Crippen molar-refractivity contribution in [1.29, 1.82) is 0 Å². The minimum absolute atomic E-state index is 0.105. The predicted octanol–water partition coefficient (Wildman–Crippen LogP) is 2.05. The van der Waals surface area contributed by atoms with Gasteiger partial charge in [0.05, 0.1) is 4.92 Å². The van der Waals surface area contributed by atoms with Crippen molar-refractivity contribution in [3.8, 4) is 0 Å². The Morgan fingerprint density at radius 1 is 1.53 bits per heavy atom. The van der Waals surface area contributed by atoms with Gasteiger partial charge in [-0.05, 0) is 20.3 Å². The number of nitrogens with zero attached hydrogens (tertiary/aromatic N) is 2. The summed E-state index contributed by atoms with van der Waals surface area (Å²) in [6.07, 6.45) is 0.617.